The molecule has 27 heavy (non-hydrogen) atoms. The third-order valence-electron chi connectivity index (χ3n) is 3.77. The Bertz CT molecular complexity index is 941. The Morgan fingerprint density at radius 2 is 1.78 bits per heavy atom. The molecule has 2 aromatic rings. The highest BCUT2D eigenvalue weighted by Gasteiger charge is 2.19. The topological polar surface area (TPSA) is 104 Å². The largest absolute Gasteiger partial charge is 0.355 e. The van der Waals surface area contributed by atoms with Gasteiger partial charge in [-0.3, -0.25) is 14.3 Å². The van der Waals surface area contributed by atoms with Gasteiger partial charge < -0.3 is 10.6 Å². The monoisotopic (exact) mass is 389 g/mol. The highest BCUT2D eigenvalue weighted by atomic mass is 32.2. The molecule has 0 aliphatic rings. The summed E-state index contributed by atoms with van der Waals surface area (Å²) in [7, 11) is -3.85. The minimum atomic E-state index is -3.85. The fourth-order valence-corrected chi connectivity index (χ4v) is 3.49. The second-order valence-electron chi connectivity index (χ2n) is 6.09. The van der Waals surface area contributed by atoms with Crippen LogP contribution in [-0.2, 0) is 14.8 Å². The first-order chi connectivity index (χ1) is 12.7. The normalized spacial score (nSPS) is 12.1. The van der Waals surface area contributed by atoms with Gasteiger partial charge in [0.1, 0.15) is 6.04 Å². The number of anilines is 1. The Kier molecular flexibility index (Phi) is 6.57. The fourth-order valence-electron chi connectivity index (χ4n) is 2.40. The molecular weight excluding hydrogens is 366 g/mol. The van der Waals surface area contributed by atoms with E-state index in [0.29, 0.717) is 12.2 Å². The van der Waals surface area contributed by atoms with Crippen molar-refractivity contribution in [1.82, 2.24) is 10.6 Å². The van der Waals surface area contributed by atoms with Crippen molar-refractivity contribution in [3.8, 4) is 0 Å². The van der Waals surface area contributed by atoms with Crippen molar-refractivity contribution in [2.24, 2.45) is 0 Å². The maximum Gasteiger partial charge on any atom is 0.261 e. The number of hydrogen-bond donors (Lipinski definition) is 3. The van der Waals surface area contributed by atoms with Crippen LogP contribution in [0, 0.1) is 6.92 Å². The van der Waals surface area contributed by atoms with Crippen LogP contribution in [0.4, 0.5) is 5.69 Å². The number of benzene rings is 2. The highest BCUT2D eigenvalue weighted by Crippen LogP contribution is 2.18. The van der Waals surface area contributed by atoms with Crippen molar-refractivity contribution in [3.05, 3.63) is 59.7 Å². The summed E-state index contributed by atoms with van der Waals surface area (Å²) in [5, 5.41) is 5.16. The third kappa shape index (κ3) is 5.55. The maximum atomic E-state index is 12.6. The van der Waals surface area contributed by atoms with E-state index in [1.54, 1.807) is 32.0 Å². The van der Waals surface area contributed by atoms with Crippen molar-refractivity contribution < 1.29 is 18.0 Å². The molecule has 2 rings (SSSR count). The highest BCUT2D eigenvalue weighted by molar-refractivity contribution is 7.92. The van der Waals surface area contributed by atoms with E-state index in [2.05, 4.69) is 15.4 Å². The number of aryl methyl sites for hydroxylation is 1. The third-order valence-corrected chi connectivity index (χ3v) is 5.15. The number of rotatable bonds is 7. The molecule has 0 aromatic heterocycles. The zero-order valence-corrected chi connectivity index (χ0v) is 16.3. The molecule has 2 amide bonds. The number of amides is 2. The molecule has 144 valence electrons. The first-order valence-corrected chi connectivity index (χ1v) is 9.99. The molecule has 0 unspecified atom stereocenters. The summed E-state index contributed by atoms with van der Waals surface area (Å²) >= 11 is 0. The van der Waals surface area contributed by atoms with Gasteiger partial charge in [0.05, 0.1) is 4.90 Å². The van der Waals surface area contributed by atoms with Crippen molar-refractivity contribution in [2.45, 2.75) is 31.7 Å². The molecular formula is C19H23N3O4S. The standard InChI is InChI=1S/C19H23N3O4S/c1-4-20-18(23)14(3)21-19(24)15-8-6-10-17(12-15)27(25,26)22-16-9-5-7-13(2)11-16/h5-12,14,22H,4H2,1-3H3,(H,20,23)(H,21,24)/t14-/m1/s1. The second-order valence-corrected chi connectivity index (χ2v) is 7.77. The molecule has 0 saturated carbocycles. The summed E-state index contributed by atoms with van der Waals surface area (Å²) in [4.78, 5) is 24.0. The molecule has 0 saturated heterocycles. The number of carbonyl (C=O) groups excluding carboxylic acids is 2. The van der Waals surface area contributed by atoms with Crippen molar-refractivity contribution >= 4 is 27.5 Å². The quantitative estimate of drug-likeness (QED) is 0.674. The average Bonchev–Trinajstić information content (AvgIpc) is 2.61. The van der Waals surface area contributed by atoms with E-state index in [1.807, 2.05) is 13.0 Å². The van der Waals surface area contributed by atoms with Crippen molar-refractivity contribution in [2.75, 3.05) is 11.3 Å². The summed E-state index contributed by atoms with van der Waals surface area (Å²) in [5.41, 5.74) is 1.51. The SMILES string of the molecule is CCNC(=O)[C@@H](C)NC(=O)c1cccc(S(=O)(=O)Nc2cccc(C)c2)c1. The van der Waals surface area contributed by atoms with Gasteiger partial charge in [-0.15, -0.1) is 0 Å². The van der Waals surface area contributed by atoms with Crippen LogP contribution in [0.15, 0.2) is 53.4 Å². The minimum absolute atomic E-state index is 0.0395. The van der Waals surface area contributed by atoms with Gasteiger partial charge in [-0.2, -0.15) is 0 Å². The van der Waals surface area contributed by atoms with E-state index in [9.17, 15) is 18.0 Å². The van der Waals surface area contributed by atoms with Crippen molar-refractivity contribution in [3.63, 3.8) is 0 Å². The smallest absolute Gasteiger partial charge is 0.261 e. The van der Waals surface area contributed by atoms with Crippen LogP contribution in [0.25, 0.3) is 0 Å². The van der Waals surface area contributed by atoms with Gasteiger partial charge >= 0.3 is 0 Å². The molecule has 0 heterocycles. The lowest BCUT2D eigenvalue weighted by Gasteiger charge is -2.14. The summed E-state index contributed by atoms with van der Waals surface area (Å²) in [5.74, 6) is -0.836. The molecule has 0 aliphatic heterocycles. The number of sulfonamides is 1. The molecule has 3 N–H and O–H groups in total. The first-order valence-electron chi connectivity index (χ1n) is 8.51. The number of likely N-dealkylation sites (N-methyl/N-ethyl adjacent to an activating group) is 1. The van der Waals surface area contributed by atoms with E-state index >= 15 is 0 Å². The molecule has 1 atom stereocenters. The van der Waals surface area contributed by atoms with Crippen molar-refractivity contribution in [1.29, 1.82) is 0 Å². The van der Waals surface area contributed by atoms with E-state index in [-0.39, 0.29) is 16.4 Å². The first kappa shape index (κ1) is 20.4. The Labute approximate surface area is 159 Å². The zero-order valence-electron chi connectivity index (χ0n) is 15.4. The number of carbonyl (C=O) groups is 2. The average molecular weight is 389 g/mol. The van der Waals surface area contributed by atoms with Crippen LogP contribution in [0.2, 0.25) is 0 Å². The minimum Gasteiger partial charge on any atom is -0.355 e. The zero-order chi connectivity index (χ0) is 20.0. The van der Waals surface area contributed by atoms with E-state index < -0.39 is 22.0 Å². The molecule has 0 radical (unpaired) electrons. The van der Waals surface area contributed by atoms with Crippen LogP contribution in [0.1, 0.15) is 29.8 Å². The maximum absolute atomic E-state index is 12.6. The van der Waals surface area contributed by atoms with E-state index in [0.717, 1.165) is 5.56 Å². The van der Waals surface area contributed by atoms with Crippen LogP contribution < -0.4 is 15.4 Å². The number of hydrogen-bond acceptors (Lipinski definition) is 4. The Hall–Kier alpha value is -2.87. The van der Waals surface area contributed by atoms with Gasteiger partial charge in [0.15, 0.2) is 0 Å². The summed E-state index contributed by atoms with van der Waals surface area (Å²) in [6, 6.07) is 11.9. The van der Waals surface area contributed by atoms with Crippen LogP contribution in [0.5, 0.6) is 0 Å². The second kappa shape index (κ2) is 8.68. The summed E-state index contributed by atoms with van der Waals surface area (Å²) < 4.78 is 27.7. The Morgan fingerprint density at radius 3 is 2.44 bits per heavy atom. The molecule has 2 aromatic carbocycles. The lowest BCUT2D eigenvalue weighted by atomic mass is 10.2. The van der Waals surface area contributed by atoms with Gasteiger partial charge in [-0.1, -0.05) is 18.2 Å². The molecule has 0 fully saturated rings. The number of nitrogens with one attached hydrogen (secondary N) is 3. The molecule has 0 bridgehead atoms. The van der Waals surface area contributed by atoms with Gasteiger partial charge in [0, 0.05) is 17.8 Å². The molecule has 0 aliphatic carbocycles. The van der Waals surface area contributed by atoms with Crippen LogP contribution >= 0.6 is 0 Å². The predicted molar refractivity (Wildman–Crippen MR) is 104 cm³/mol. The van der Waals surface area contributed by atoms with Gasteiger partial charge in [0.2, 0.25) is 5.91 Å². The van der Waals surface area contributed by atoms with Gasteiger partial charge in [-0.05, 0) is 56.7 Å². The summed E-state index contributed by atoms with van der Waals surface area (Å²) in [6.07, 6.45) is 0. The predicted octanol–water partition coefficient (Wildman–Crippen LogP) is 2.05. The lowest BCUT2D eigenvalue weighted by Crippen LogP contribution is -2.44. The molecule has 0 spiro atoms. The Morgan fingerprint density at radius 1 is 1.07 bits per heavy atom. The lowest BCUT2D eigenvalue weighted by molar-refractivity contribution is -0.122. The van der Waals surface area contributed by atoms with E-state index in [4.69, 9.17) is 0 Å². The summed E-state index contributed by atoms with van der Waals surface area (Å²) in [6.45, 7) is 5.65. The Balaban J connectivity index is 2.18. The van der Waals surface area contributed by atoms with Gasteiger partial charge in [0.25, 0.3) is 15.9 Å². The molecule has 7 nitrogen and oxygen atoms in total. The van der Waals surface area contributed by atoms with E-state index in [1.165, 1.54) is 24.3 Å². The van der Waals surface area contributed by atoms with Gasteiger partial charge in [-0.25, -0.2) is 8.42 Å². The fraction of sp³-hybridized carbons (Fsp3) is 0.263. The van der Waals surface area contributed by atoms with Crippen LogP contribution in [0.3, 0.4) is 0 Å². The van der Waals surface area contributed by atoms with Crippen LogP contribution in [-0.4, -0.2) is 32.8 Å². The molecule has 8 heteroatoms.